The molecule has 0 aromatic rings. The van der Waals surface area contributed by atoms with E-state index < -0.39 is 10.0 Å². The van der Waals surface area contributed by atoms with Crippen molar-refractivity contribution in [2.24, 2.45) is 0 Å². The van der Waals surface area contributed by atoms with Gasteiger partial charge in [-0.1, -0.05) is 17.7 Å². The minimum Gasteiger partial charge on any atom is -0.290 e. The van der Waals surface area contributed by atoms with Crippen molar-refractivity contribution >= 4 is 10.0 Å². The molecule has 1 rings (SSSR count). The topological polar surface area (TPSA) is 55.4 Å². The van der Waals surface area contributed by atoms with Gasteiger partial charge in [-0.2, -0.15) is 0 Å². The lowest BCUT2D eigenvalue weighted by Gasteiger charge is -2.09. The quantitative estimate of drug-likeness (QED) is 0.638. The Bertz CT molecular complexity index is 206. The van der Waals surface area contributed by atoms with Crippen LogP contribution in [0.4, 0.5) is 0 Å². The summed E-state index contributed by atoms with van der Waals surface area (Å²) in [6.07, 6.45) is 3.54. The van der Waals surface area contributed by atoms with Crippen LogP contribution in [0.3, 0.4) is 0 Å². The van der Waals surface area contributed by atoms with E-state index in [0.717, 1.165) is 25.7 Å². The average molecular weight is 179 g/mol. The Morgan fingerprint density at radius 3 is 2.36 bits per heavy atom. The molecular weight excluding hydrogens is 166 g/mol. The van der Waals surface area contributed by atoms with Gasteiger partial charge in [0.1, 0.15) is 0 Å². The van der Waals surface area contributed by atoms with Crippen LogP contribution in [-0.2, 0) is 14.9 Å². The predicted molar refractivity (Wildman–Crippen MR) is 41.3 cm³/mol. The number of sulfonamides is 1. The summed E-state index contributed by atoms with van der Waals surface area (Å²) in [5, 5.41) is -0.234. The van der Waals surface area contributed by atoms with E-state index in [0.29, 0.717) is 0 Å². The third-order valence-electron chi connectivity index (χ3n) is 1.94. The molecule has 0 saturated heterocycles. The molecule has 11 heavy (non-hydrogen) atoms. The molecule has 1 N–H and O–H groups in total. The van der Waals surface area contributed by atoms with E-state index in [1.807, 2.05) is 4.89 Å². The van der Waals surface area contributed by atoms with Gasteiger partial charge in [0.05, 0.1) is 12.4 Å². The van der Waals surface area contributed by atoms with E-state index in [2.05, 4.69) is 4.84 Å². The summed E-state index contributed by atoms with van der Waals surface area (Å²) in [7, 11) is -1.87. The normalized spacial score (nSPS) is 20.8. The van der Waals surface area contributed by atoms with Crippen molar-refractivity contribution < 1.29 is 13.3 Å². The van der Waals surface area contributed by atoms with E-state index in [4.69, 9.17) is 0 Å². The molecule has 1 saturated carbocycles. The van der Waals surface area contributed by atoms with Crippen molar-refractivity contribution in [3.8, 4) is 0 Å². The average Bonchev–Trinajstić information content (AvgIpc) is 2.37. The molecular formula is C6H13NO3S. The first kappa shape index (κ1) is 8.96. The Kier molecular flexibility index (Phi) is 2.86. The third kappa shape index (κ3) is 2.15. The number of hydrogen-bond acceptors (Lipinski definition) is 3. The van der Waals surface area contributed by atoms with E-state index in [9.17, 15) is 8.42 Å². The summed E-state index contributed by atoms with van der Waals surface area (Å²) in [4.78, 5) is 6.42. The lowest BCUT2D eigenvalue weighted by Crippen LogP contribution is -2.31. The zero-order valence-electron chi connectivity index (χ0n) is 6.54. The summed E-state index contributed by atoms with van der Waals surface area (Å²) < 4.78 is 22.4. The van der Waals surface area contributed by atoms with Crippen LogP contribution in [0.25, 0.3) is 0 Å². The highest BCUT2D eigenvalue weighted by molar-refractivity contribution is 7.89. The fraction of sp³-hybridized carbons (Fsp3) is 1.00. The van der Waals surface area contributed by atoms with E-state index in [-0.39, 0.29) is 5.25 Å². The molecule has 0 radical (unpaired) electrons. The van der Waals surface area contributed by atoms with Gasteiger partial charge in [-0.05, 0) is 12.8 Å². The first-order valence-corrected chi connectivity index (χ1v) is 5.25. The van der Waals surface area contributed by atoms with Crippen LogP contribution in [-0.4, -0.2) is 20.8 Å². The molecule has 66 valence electrons. The van der Waals surface area contributed by atoms with Gasteiger partial charge >= 0.3 is 0 Å². The molecule has 0 heterocycles. The van der Waals surface area contributed by atoms with Crippen LogP contribution in [0.5, 0.6) is 0 Å². The maximum absolute atomic E-state index is 11.2. The first-order valence-electron chi connectivity index (χ1n) is 3.70. The summed E-state index contributed by atoms with van der Waals surface area (Å²) in [5.74, 6) is 0. The van der Waals surface area contributed by atoms with Gasteiger partial charge in [-0.25, -0.2) is 8.42 Å². The van der Waals surface area contributed by atoms with Crippen molar-refractivity contribution in [2.45, 2.75) is 30.9 Å². The summed E-state index contributed by atoms with van der Waals surface area (Å²) in [6, 6.07) is 0. The number of nitrogens with one attached hydrogen (secondary N) is 1. The Morgan fingerprint density at radius 2 is 1.91 bits per heavy atom. The molecule has 5 heteroatoms. The van der Waals surface area contributed by atoms with Gasteiger partial charge < -0.3 is 0 Å². The molecule has 0 bridgehead atoms. The minimum atomic E-state index is -3.18. The number of rotatable bonds is 3. The molecule has 0 aromatic carbocycles. The maximum Gasteiger partial charge on any atom is 0.236 e. The molecule has 1 fully saturated rings. The summed E-state index contributed by atoms with van der Waals surface area (Å²) in [5.41, 5.74) is 0. The van der Waals surface area contributed by atoms with Crippen LogP contribution in [0.15, 0.2) is 0 Å². The fourth-order valence-corrected chi connectivity index (χ4v) is 2.71. The van der Waals surface area contributed by atoms with E-state index >= 15 is 0 Å². The van der Waals surface area contributed by atoms with Gasteiger partial charge in [-0.3, -0.25) is 4.84 Å². The molecule has 0 aromatic heterocycles. The largest absolute Gasteiger partial charge is 0.290 e. The fourth-order valence-electron chi connectivity index (χ4n) is 1.38. The standard InChI is InChI=1S/C6H13NO3S/c1-10-7-11(8,9)6-4-2-3-5-6/h6-7H,2-5H2,1H3. The second-order valence-electron chi connectivity index (χ2n) is 2.74. The lowest BCUT2D eigenvalue weighted by molar-refractivity contribution is 0.152. The highest BCUT2D eigenvalue weighted by Crippen LogP contribution is 2.23. The lowest BCUT2D eigenvalue weighted by atomic mass is 10.4. The summed E-state index contributed by atoms with van der Waals surface area (Å²) in [6.45, 7) is 0. The molecule has 0 atom stereocenters. The molecule has 0 spiro atoms. The summed E-state index contributed by atoms with van der Waals surface area (Å²) >= 11 is 0. The van der Waals surface area contributed by atoms with Gasteiger partial charge in [0.25, 0.3) is 0 Å². The van der Waals surface area contributed by atoms with Gasteiger partial charge in [0.2, 0.25) is 10.0 Å². The predicted octanol–water partition coefficient (Wildman–Crippen LogP) is 0.410. The zero-order chi connectivity index (χ0) is 8.32. The van der Waals surface area contributed by atoms with Crippen LogP contribution in [0.1, 0.15) is 25.7 Å². The highest BCUT2D eigenvalue weighted by atomic mass is 32.2. The van der Waals surface area contributed by atoms with E-state index in [1.165, 1.54) is 7.11 Å². The van der Waals surface area contributed by atoms with Gasteiger partial charge in [0, 0.05) is 0 Å². The third-order valence-corrected chi connectivity index (χ3v) is 3.69. The second kappa shape index (κ2) is 3.51. The molecule has 1 aliphatic carbocycles. The first-order chi connectivity index (χ1) is 5.17. The van der Waals surface area contributed by atoms with Crippen molar-refractivity contribution in [1.29, 1.82) is 0 Å². The number of hydrogen-bond donors (Lipinski definition) is 1. The molecule has 0 amide bonds. The molecule has 0 aliphatic heterocycles. The minimum absolute atomic E-state index is 0.234. The van der Waals surface area contributed by atoms with Gasteiger partial charge in [0.15, 0.2) is 0 Å². The van der Waals surface area contributed by atoms with Crippen molar-refractivity contribution in [3.63, 3.8) is 0 Å². The Labute approximate surface area is 66.9 Å². The Balaban J connectivity index is 2.56. The zero-order valence-corrected chi connectivity index (χ0v) is 7.36. The van der Waals surface area contributed by atoms with Gasteiger partial charge in [-0.15, -0.1) is 0 Å². The molecule has 0 unspecified atom stereocenters. The van der Waals surface area contributed by atoms with Crippen LogP contribution in [0, 0.1) is 0 Å². The Morgan fingerprint density at radius 1 is 1.36 bits per heavy atom. The SMILES string of the molecule is CONS(=O)(=O)C1CCCC1. The van der Waals surface area contributed by atoms with Crippen LogP contribution < -0.4 is 4.89 Å². The maximum atomic E-state index is 11.2. The van der Waals surface area contributed by atoms with E-state index in [1.54, 1.807) is 0 Å². The monoisotopic (exact) mass is 179 g/mol. The van der Waals surface area contributed by atoms with Crippen molar-refractivity contribution in [1.82, 2.24) is 4.89 Å². The Hall–Kier alpha value is -0.130. The molecule has 4 nitrogen and oxygen atoms in total. The highest BCUT2D eigenvalue weighted by Gasteiger charge is 2.28. The van der Waals surface area contributed by atoms with Crippen LogP contribution in [0.2, 0.25) is 0 Å². The van der Waals surface area contributed by atoms with Crippen LogP contribution >= 0.6 is 0 Å². The molecule has 1 aliphatic rings. The van der Waals surface area contributed by atoms with Crippen molar-refractivity contribution in [3.05, 3.63) is 0 Å². The smallest absolute Gasteiger partial charge is 0.236 e. The van der Waals surface area contributed by atoms with Crippen molar-refractivity contribution in [2.75, 3.05) is 7.11 Å². The second-order valence-corrected chi connectivity index (χ2v) is 4.66.